The van der Waals surface area contributed by atoms with Gasteiger partial charge in [0.15, 0.2) is 0 Å². The Morgan fingerprint density at radius 1 is 1.36 bits per heavy atom. The fourth-order valence-electron chi connectivity index (χ4n) is 1.27. The molecule has 0 unspecified atom stereocenters. The molecule has 1 aromatic heterocycles. The number of phenols is 1. The van der Waals surface area contributed by atoms with Crippen LogP contribution >= 0.6 is 0 Å². The standard InChI is InChI=1S/C10H9FN2O/c1-13-5-4-9(12-13)8-6-7(11)2-3-10(8)14/h2-6,14H,1H3. The molecular formula is C10H9FN2O. The first-order valence-electron chi connectivity index (χ1n) is 4.15. The van der Waals surface area contributed by atoms with E-state index >= 15 is 0 Å². The fourth-order valence-corrected chi connectivity index (χ4v) is 1.27. The van der Waals surface area contributed by atoms with Crippen LogP contribution in [0.15, 0.2) is 30.5 Å². The summed E-state index contributed by atoms with van der Waals surface area (Å²) < 4.78 is 14.5. The van der Waals surface area contributed by atoms with Gasteiger partial charge >= 0.3 is 0 Å². The summed E-state index contributed by atoms with van der Waals surface area (Å²) in [5, 5.41) is 13.6. The number of rotatable bonds is 1. The molecule has 0 fully saturated rings. The van der Waals surface area contributed by atoms with Gasteiger partial charge in [-0.25, -0.2) is 4.39 Å². The maximum atomic E-state index is 12.9. The fraction of sp³-hybridized carbons (Fsp3) is 0.100. The van der Waals surface area contributed by atoms with E-state index in [1.807, 2.05) is 0 Å². The smallest absolute Gasteiger partial charge is 0.125 e. The van der Waals surface area contributed by atoms with Crippen molar-refractivity contribution in [2.24, 2.45) is 7.05 Å². The highest BCUT2D eigenvalue weighted by molar-refractivity contribution is 5.66. The molecule has 0 aliphatic heterocycles. The highest BCUT2D eigenvalue weighted by Crippen LogP contribution is 2.27. The number of hydrogen-bond donors (Lipinski definition) is 1. The van der Waals surface area contributed by atoms with Crippen molar-refractivity contribution >= 4 is 0 Å². The number of benzene rings is 1. The summed E-state index contributed by atoms with van der Waals surface area (Å²) in [4.78, 5) is 0. The molecule has 72 valence electrons. The Bertz CT molecular complexity index is 465. The molecule has 0 bridgehead atoms. The first kappa shape index (κ1) is 8.74. The number of aryl methyl sites for hydroxylation is 1. The van der Waals surface area contributed by atoms with Crippen molar-refractivity contribution in [2.75, 3.05) is 0 Å². The van der Waals surface area contributed by atoms with Crippen molar-refractivity contribution in [1.29, 1.82) is 0 Å². The van der Waals surface area contributed by atoms with Crippen LogP contribution < -0.4 is 0 Å². The summed E-state index contributed by atoms with van der Waals surface area (Å²) in [5.41, 5.74) is 0.968. The zero-order valence-corrected chi connectivity index (χ0v) is 7.61. The summed E-state index contributed by atoms with van der Waals surface area (Å²) in [7, 11) is 1.76. The molecule has 3 nitrogen and oxygen atoms in total. The Labute approximate surface area is 80.4 Å². The first-order valence-corrected chi connectivity index (χ1v) is 4.15. The molecule has 2 rings (SSSR count). The lowest BCUT2D eigenvalue weighted by molar-refractivity contribution is 0.475. The average Bonchev–Trinajstić information content (AvgIpc) is 2.56. The molecule has 1 heterocycles. The van der Waals surface area contributed by atoms with Crippen LogP contribution in [0.3, 0.4) is 0 Å². The van der Waals surface area contributed by atoms with Gasteiger partial charge in [0.25, 0.3) is 0 Å². The summed E-state index contributed by atoms with van der Waals surface area (Å²) in [6.45, 7) is 0. The van der Waals surface area contributed by atoms with Crippen LogP contribution in [0.5, 0.6) is 5.75 Å². The van der Waals surface area contributed by atoms with Crippen LogP contribution in [-0.2, 0) is 7.05 Å². The van der Waals surface area contributed by atoms with Crippen molar-refractivity contribution in [3.8, 4) is 17.0 Å². The number of halogens is 1. The molecule has 4 heteroatoms. The predicted molar refractivity (Wildman–Crippen MR) is 50.3 cm³/mol. The Morgan fingerprint density at radius 3 is 2.79 bits per heavy atom. The third-order valence-corrected chi connectivity index (χ3v) is 1.95. The summed E-state index contributed by atoms with van der Waals surface area (Å²) >= 11 is 0. The second-order valence-electron chi connectivity index (χ2n) is 3.04. The van der Waals surface area contributed by atoms with Gasteiger partial charge < -0.3 is 5.11 Å². The number of aromatic hydroxyl groups is 1. The van der Waals surface area contributed by atoms with Gasteiger partial charge in [-0.05, 0) is 24.3 Å². The van der Waals surface area contributed by atoms with E-state index in [1.54, 1.807) is 24.0 Å². The van der Waals surface area contributed by atoms with Crippen molar-refractivity contribution in [3.05, 3.63) is 36.3 Å². The maximum absolute atomic E-state index is 12.9. The van der Waals surface area contributed by atoms with Gasteiger partial charge in [0.05, 0.1) is 5.69 Å². The van der Waals surface area contributed by atoms with Crippen molar-refractivity contribution in [2.45, 2.75) is 0 Å². The normalized spacial score (nSPS) is 10.4. The highest BCUT2D eigenvalue weighted by Gasteiger charge is 2.07. The summed E-state index contributed by atoms with van der Waals surface area (Å²) in [6, 6.07) is 5.51. The SMILES string of the molecule is Cn1ccc(-c2cc(F)ccc2O)n1. The molecular weight excluding hydrogens is 183 g/mol. The number of nitrogens with zero attached hydrogens (tertiary/aromatic N) is 2. The molecule has 0 spiro atoms. The van der Waals surface area contributed by atoms with E-state index in [1.165, 1.54) is 18.2 Å². The van der Waals surface area contributed by atoms with Gasteiger partial charge in [0, 0.05) is 18.8 Å². The van der Waals surface area contributed by atoms with Crippen LogP contribution in [-0.4, -0.2) is 14.9 Å². The van der Waals surface area contributed by atoms with E-state index < -0.39 is 0 Å². The molecule has 0 amide bonds. The van der Waals surface area contributed by atoms with E-state index in [-0.39, 0.29) is 11.6 Å². The van der Waals surface area contributed by atoms with Gasteiger partial charge in [-0.15, -0.1) is 0 Å². The minimum atomic E-state index is -0.386. The van der Waals surface area contributed by atoms with Gasteiger partial charge in [-0.1, -0.05) is 0 Å². The van der Waals surface area contributed by atoms with Gasteiger partial charge in [0.1, 0.15) is 11.6 Å². The van der Waals surface area contributed by atoms with Gasteiger partial charge in [-0.2, -0.15) is 5.10 Å². The van der Waals surface area contributed by atoms with E-state index in [0.717, 1.165) is 0 Å². The minimum Gasteiger partial charge on any atom is -0.507 e. The van der Waals surface area contributed by atoms with E-state index in [4.69, 9.17) is 0 Å². The molecule has 0 aliphatic carbocycles. The van der Waals surface area contributed by atoms with Crippen LogP contribution in [0, 0.1) is 5.82 Å². The van der Waals surface area contributed by atoms with E-state index in [2.05, 4.69) is 5.10 Å². The molecule has 0 aliphatic rings. The third-order valence-electron chi connectivity index (χ3n) is 1.95. The Balaban J connectivity index is 2.55. The minimum absolute atomic E-state index is 0.0325. The second-order valence-corrected chi connectivity index (χ2v) is 3.04. The molecule has 0 atom stereocenters. The molecule has 2 aromatic rings. The second kappa shape index (κ2) is 3.14. The first-order chi connectivity index (χ1) is 6.66. The topological polar surface area (TPSA) is 38.0 Å². The highest BCUT2D eigenvalue weighted by atomic mass is 19.1. The number of hydrogen-bond acceptors (Lipinski definition) is 2. The molecule has 1 N–H and O–H groups in total. The van der Waals surface area contributed by atoms with Crippen LogP contribution in [0.1, 0.15) is 0 Å². The van der Waals surface area contributed by atoms with Crippen LogP contribution in [0.2, 0.25) is 0 Å². The maximum Gasteiger partial charge on any atom is 0.125 e. The zero-order valence-electron chi connectivity index (χ0n) is 7.61. The van der Waals surface area contributed by atoms with Crippen LogP contribution in [0.25, 0.3) is 11.3 Å². The van der Waals surface area contributed by atoms with Crippen LogP contribution in [0.4, 0.5) is 4.39 Å². The zero-order chi connectivity index (χ0) is 10.1. The number of phenolic OH excluding ortho intramolecular Hbond substituents is 1. The van der Waals surface area contributed by atoms with Crippen molar-refractivity contribution < 1.29 is 9.50 Å². The Hall–Kier alpha value is -1.84. The molecule has 1 aromatic carbocycles. The molecule has 14 heavy (non-hydrogen) atoms. The molecule has 0 radical (unpaired) electrons. The molecule has 0 saturated heterocycles. The molecule has 0 saturated carbocycles. The van der Waals surface area contributed by atoms with E-state index in [9.17, 15) is 9.50 Å². The lowest BCUT2D eigenvalue weighted by atomic mass is 10.1. The van der Waals surface area contributed by atoms with Crippen molar-refractivity contribution in [3.63, 3.8) is 0 Å². The quantitative estimate of drug-likeness (QED) is 0.749. The van der Waals surface area contributed by atoms with Gasteiger partial charge in [0.2, 0.25) is 0 Å². The summed E-state index contributed by atoms with van der Waals surface area (Å²) in [6.07, 6.45) is 1.74. The lowest BCUT2D eigenvalue weighted by Crippen LogP contribution is -1.88. The monoisotopic (exact) mass is 192 g/mol. The van der Waals surface area contributed by atoms with Gasteiger partial charge in [-0.3, -0.25) is 4.68 Å². The van der Waals surface area contributed by atoms with Crippen molar-refractivity contribution in [1.82, 2.24) is 9.78 Å². The van der Waals surface area contributed by atoms with E-state index in [0.29, 0.717) is 11.3 Å². The summed E-state index contributed by atoms with van der Waals surface area (Å²) in [5.74, 6) is -0.353. The average molecular weight is 192 g/mol. The predicted octanol–water partition coefficient (Wildman–Crippen LogP) is 1.93. The lowest BCUT2D eigenvalue weighted by Gasteiger charge is -2.00. The Kier molecular flexibility index (Phi) is 1.96. The number of aromatic nitrogens is 2. The largest absolute Gasteiger partial charge is 0.507 e. The Morgan fingerprint density at radius 2 is 2.14 bits per heavy atom. The third kappa shape index (κ3) is 1.46.